The summed E-state index contributed by atoms with van der Waals surface area (Å²) in [6.07, 6.45) is 1.21. The van der Waals surface area contributed by atoms with E-state index in [1.165, 1.54) is 23.9 Å². The maximum absolute atomic E-state index is 10.9. The number of amides is 1. The van der Waals surface area contributed by atoms with Crippen molar-refractivity contribution < 1.29 is 9.72 Å². The molecule has 1 N–H and O–H groups in total. The third-order valence-corrected chi connectivity index (χ3v) is 3.18. The number of rotatable bonds is 7. The highest BCUT2D eigenvalue weighted by Crippen LogP contribution is 2.22. The van der Waals surface area contributed by atoms with Crippen LogP contribution >= 0.6 is 11.8 Å². The Labute approximate surface area is 109 Å². The molecule has 5 nitrogen and oxygen atoms in total. The van der Waals surface area contributed by atoms with Crippen molar-refractivity contribution in [3.63, 3.8) is 0 Å². The molecule has 1 aromatic carbocycles. The van der Waals surface area contributed by atoms with Crippen molar-refractivity contribution in [2.24, 2.45) is 0 Å². The van der Waals surface area contributed by atoms with Gasteiger partial charge in [0.2, 0.25) is 5.91 Å². The molecule has 0 fully saturated rings. The number of nitrogens with zero attached hydrogens (tertiary/aromatic N) is 1. The van der Waals surface area contributed by atoms with E-state index >= 15 is 0 Å². The van der Waals surface area contributed by atoms with Crippen LogP contribution in [0.3, 0.4) is 0 Å². The number of benzene rings is 1. The lowest BCUT2D eigenvalue weighted by atomic mass is 10.2. The summed E-state index contributed by atoms with van der Waals surface area (Å²) < 4.78 is 0. The molecule has 0 aliphatic rings. The largest absolute Gasteiger partial charge is 0.352 e. The molecule has 0 bridgehead atoms. The third-order valence-electron chi connectivity index (χ3n) is 2.18. The van der Waals surface area contributed by atoms with Crippen molar-refractivity contribution in [1.82, 2.24) is 5.32 Å². The summed E-state index contributed by atoms with van der Waals surface area (Å²) in [7, 11) is 0. The van der Waals surface area contributed by atoms with E-state index in [2.05, 4.69) is 11.9 Å². The van der Waals surface area contributed by atoms with Crippen LogP contribution in [0.25, 0.3) is 0 Å². The van der Waals surface area contributed by atoms with Gasteiger partial charge in [-0.25, -0.2) is 0 Å². The van der Waals surface area contributed by atoms with Crippen molar-refractivity contribution in [3.05, 3.63) is 52.6 Å². The molecule has 0 aromatic heterocycles. The molecule has 1 aromatic rings. The van der Waals surface area contributed by atoms with Crippen LogP contribution in [0.4, 0.5) is 5.69 Å². The first-order chi connectivity index (χ1) is 8.65. The van der Waals surface area contributed by atoms with Gasteiger partial charge in [-0.15, -0.1) is 0 Å². The quantitative estimate of drug-likeness (QED) is 0.355. The van der Waals surface area contributed by atoms with E-state index in [-0.39, 0.29) is 16.5 Å². The molecule has 0 atom stereocenters. The van der Waals surface area contributed by atoms with E-state index < -0.39 is 0 Å². The maximum atomic E-state index is 10.9. The smallest absolute Gasteiger partial charge is 0.273 e. The highest BCUT2D eigenvalue weighted by Gasteiger charge is 2.11. The van der Waals surface area contributed by atoms with E-state index in [9.17, 15) is 14.9 Å². The lowest BCUT2D eigenvalue weighted by Gasteiger charge is -2.03. The van der Waals surface area contributed by atoms with Crippen LogP contribution in [0.1, 0.15) is 5.56 Å². The number of nitro benzene ring substituents is 1. The number of carbonyl (C=O) groups excluding carboxylic acids is 1. The summed E-state index contributed by atoms with van der Waals surface area (Å²) in [6, 6.07) is 6.67. The standard InChI is InChI=1S/C12H14N2O3S/c1-2-12(15)13-7-8-18-9-10-5-3-4-6-11(10)14(16)17/h2-6H,1,7-9H2,(H,13,15). The molecular formula is C12H14N2O3S. The van der Waals surface area contributed by atoms with E-state index in [1.807, 2.05) is 0 Å². The van der Waals surface area contributed by atoms with Crippen molar-refractivity contribution >= 4 is 23.4 Å². The third kappa shape index (κ3) is 4.58. The van der Waals surface area contributed by atoms with Crippen LogP contribution in [-0.4, -0.2) is 23.1 Å². The normalized spacial score (nSPS) is 9.78. The second kappa shape index (κ2) is 7.50. The van der Waals surface area contributed by atoms with E-state index in [4.69, 9.17) is 0 Å². The molecule has 0 aliphatic carbocycles. The first-order valence-electron chi connectivity index (χ1n) is 5.35. The fourth-order valence-electron chi connectivity index (χ4n) is 1.31. The van der Waals surface area contributed by atoms with Gasteiger partial charge in [0.1, 0.15) is 0 Å². The van der Waals surface area contributed by atoms with Crippen LogP contribution in [0.5, 0.6) is 0 Å². The number of para-hydroxylation sites is 1. The zero-order chi connectivity index (χ0) is 13.4. The lowest BCUT2D eigenvalue weighted by molar-refractivity contribution is -0.385. The second-order valence-corrected chi connectivity index (χ2v) is 4.54. The highest BCUT2D eigenvalue weighted by atomic mass is 32.2. The molecule has 1 rings (SSSR count). The van der Waals surface area contributed by atoms with Gasteiger partial charge in [0.25, 0.3) is 5.69 Å². The number of nitro groups is 1. The topological polar surface area (TPSA) is 72.2 Å². The van der Waals surface area contributed by atoms with E-state index in [1.54, 1.807) is 18.2 Å². The number of hydrogen-bond acceptors (Lipinski definition) is 4. The maximum Gasteiger partial charge on any atom is 0.273 e. The SMILES string of the molecule is C=CC(=O)NCCSCc1ccccc1[N+](=O)[O-]. The highest BCUT2D eigenvalue weighted by molar-refractivity contribution is 7.98. The van der Waals surface area contributed by atoms with Crippen LogP contribution in [0.15, 0.2) is 36.9 Å². The average molecular weight is 266 g/mol. The molecule has 18 heavy (non-hydrogen) atoms. The number of hydrogen-bond donors (Lipinski definition) is 1. The first kappa shape index (κ1) is 14.2. The summed E-state index contributed by atoms with van der Waals surface area (Å²) in [5.41, 5.74) is 0.836. The minimum Gasteiger partial charge on any atom is -0.352 e. The molecular weight excluding hydrogens is 252 g/mol. The van der Waals surface area contributed by atoms with Gasteiger partial charge in [-0.1, -0.05) is 24.8 Å². The van der Waals surface area contributed by atoms with Crippen molar-refractivity contribution in [1.29, 1.82) is 0 Å². The van der Waals surface area contributed by atoms with Crippen LogP contribution < -0.4 is 5.32 Å². The van der Waals surface area contributed by atoms with Crippen LogP contribution in [0.2, 0.25) is 0 Å². The van der Waals surface area contributed by atoms with Gasteiger partial charge in [-0.05, 0) is 6.08 Å². The van der Waals surface area contributed by atoms with Gasteiger partial charge in [0, 0.05) is 29.7 Å². The van der Waals surface area contributed by atoms with Crippen molar-refractivity contribution in [2.45, 2.75) is 5.75 Å². The van der Waals surface area contributed by atoms with Gasteiger partial charge in [0.05, 0.1) is 4.92 Å². The van der Waals surface area contributed by atoms with Gasteiger partial charge in [-0.2, -0.15) is 11.8 Å². The molecule has 96 valence electrons. The number of thioether (sulfide) groups is 1. The van der Waals surface area contributed by atoms with Gasteiger partial charge in [0.15, 0.2) is 0 Å². The summed E-state index contributed by atoms with van der Waals surface area (Å²) in [6.45, 7) is 3.87. The molecule has 0 unspecified atom stereocenters. The Bertz CT molecular complexity index is 449. The predicted molar refractivity (Wildman–Crippen MR) is 72.5 cm³/mol. The zero-order valence-corrected chi connectivity index (χ0v) is 10.6. The Hall–Kier alpha value is -1.82. The molecule has 1 amide bonds. The Morgan fingerprint density at radius 3 is 2.89 bits per heavy atom. The van der Waals surface area contributed by atoms with Crippen molar-refractivity contribution in [2.75, 3.05) is 12.3 Å². The Morgan fingerprint density at radius 2 is 2.22 bits per heavy atom. The molecule has 0 aliphatic heterocycles. The minimum atomic E-state index is -0.380. The van der Waals surface area contributed by atoms with Gasteiger partial charge in [-0.3, -0.25) is 14.9 Å². The molecule has 0 saturated heterocycles. The fraction of sp³-hybridized carbons (Fsp3) is 0.250. The van der Waals surface area contributed by atoms with Crippen molar-refractivity contribution in [3.8, 4) is 0 Å². The lowest BCUT2D eigenvalue weighted by Crippen LogP contribution is -2.23. The summed E-state index contributed by atoms with van der Waals surface area (Å²) in [5.74, 6) is 1.05. The van der Waals surface area contributed by atoms with E-state index in [0.29, 0.717) is 23.6 Å². The summed E-state index contributed by atoms with van der Waals surface area (Å²) in [5, 5.41) is 13.4. The fourth-order valence-corrected chi connectivity index (χ4v) is 2.17. The Balaban J connectivity index is 2.37. The molecule has 0 heterocycles. The van der Waals surface area contributed by atoms with E-state index in [0.717, 1.165) is 0 Å². The molecule has 0 saturated carbocycles. The predicted octanol–water partition coefficient (Wildman–Crippen LogP) is 2.13. The number of nitrogens with one attached hydrogen (secondary N) is 1. The average Bonchev–Trinajstić information content (AvgIpc) is 2.38. The first-order valence-corrected chi connectivity index (χ1v) is 6.51. The van der Waals surface area contributed by atoms with Gasteiger partial charge >= 0.3 is 0 Å². The van der Waals surface area contributed by atoms with Crippen LogP contribution in [0, 0.1) is 10.1 Å². The summed E-state index contributed by atoms with van der Waals surface area (Å²) >= 11 is 1.54. The molecule has 6 heteroatoms. The summed E-state index contributed by atoms with van der Waals surface area (Å²) in [4.78, 5) is 21.2. The number of carbonyl (C=O) groups is 1. The van der Waals surface area contributed by atoms with Gasteiger partial charge < -0.3 is 5.32 Å². The molecule has 0 spiro atoms. The Morgan fingerprint density at radius 1 is 1.50 bits per heavy atom. The minimum absolute atomic E-state index is 0.139. The zero-order valence-electron chi connectivity index (χ0n) is 9.80. The molecule has 0 radical (unpaired) electrons. The Kier molecular flexibility index (Phi) is 5.93. The van der Waals surface area contributed by atoms with Crippen LogP contribution in [-0.2, 0) is 10.5 Å². The monoisotopic (exact) mass is 266 g/mol. The second-order valence-electron chi connectivity index (χ2n) is 3.43.